The number of benzene rings is 1. The summed E-state index contributed by atoms with van der Waals surface area (Å²) in [6, 6.07) is 2.73. The predicted octanol–water partition coefficient (Wildman–Crippen LogP) is 2.25. The van der Waals surface area contributed by atoms with Crippen molar-refractivity contribution in [3.8, 4) is 11.5 Å². The van der Waals surface area contributed by atoms with Crippen LogP contribution in [-0.2, 0) is 4.79 Å². The topological polar surface area (TPSA) is 103 Å². The Morgan fingerprint density at radius 1 is 1.38 bits per heavy atom. The molecule has 0 aliphatic heterocycles. The van der Waals surface area contributed by atoms with Crippen LogP contribution in [0.5, 0.6) is 11.5 Å². The van der Waals surface area contributed by atoms with Gasteiger partial charge < -0.3 is 9.47 Å². The third-order valence-electron chi connectivity index (χ3n) is 4.96. The monoisotopic (exact) mass is 333 g/mol. The molecule has 1 spiro atoms. The Morgan fingerprint density at radius 2 is 2.04 bits per heavy atom. The third-order valence-corrected chi connectivity index (χ3v) is 4.96. The Hall–Kier alpha value is -2.64. The molecule has 8 heteroatoms. The fraction of sp³-hybridized carbons (Fsp3) is 0.500. The number of nitrogens with one attached hydrogen (secondary N) is 1. The first kappa shape index (κ1) is 16.2. The number of nitro benzene ring substituents is 1. The lowest BCUT2D eigenvalue weighted by atomic mass is 9.80. The Balaban J connectivity index is 1.73. The van der Waals surface area contributed by atoms with Gasteiger partial charge in [-0.3, -0.25) is 14.9 Å². The van der Waals surface area contributed by atoms with Gasteiger partial charge in [-0.05, 0) is 30.7 Å². The molecule has 0 aromatic heterocycles. The number of hydrogen-bond acceptors (Lipinski definition) is 6. The van der Waals surface area contributed by atoms with E-state index in [1.807, 2.05) is 0 Å². The van der Waals surface area contributed by atoms with E-state index in [0.29, 0.717) is 5.75 Å². The van der Waals surface area contributed by atoms with Gasteiger partial charge in [0, 0.05) is 5.92 Å². The number of nitrogens with zero attached hydrogens (tertiary/aromatic N) is 2. The number of nitro groups is 1. The maximum absolute atomic E-state index is 12.0. The van der Waals surface area contributed by atoms with E-state index in [2.05, 4.69) is 10.5 Å². The SMILES string of the molecule is COc1cc(C=NNC(=O)C2CC23CCC3)c([N+](=O)[O-])cc1OC. The van der Waals surface area contributed by atoms with Crippen molar-refractivity contribution in [1.82, 2.24) is 5.43 Å². The zero-order chi connectivity index (χ0) is 17.3. The largest absolute Gasteiger partial charge is 0.493 e. The molecule has 1 aromatic carbocycles. The molecule has 0 heterocycles. The molecule has 0 radical (unpaired) electrons. The van der Waals surface area contributed by atoms with Crippen molar-refractivity contribution in [2.24, 2.45) is 16.4 Å². The van der Waals surface area contributed by atoms with Gasteiger partial charge in [0.25, 0.3) is 5.69 Å². The molecule has 1 aromatic rings. The van der Waals surface area contributed by atoms with Gasteiger partial charge in [-0.1, -0.05) is 6.42 Å². The molecule has 1 N–H and O–H groups in total. The molecule has 0 saturated heterocycles. The van der Waals surface area contributed by atoms with Crippen LogP contribution in [0.1, 0.15) is 31.2 Å². The molecule has 8 nitrogen and oxygen atoms in total. The Morgan fingerprint density at radius 3 is 2.54 bits per heavy atom. The van der Waals surface area contributed by atoms with E-state index < -0.39 is 4.92 Å². The summed E-state index contributed by atoms with van der Waals surface area (Å²) in [6.45, 7) is 0. The summed E-state index contributed by atoms with van der Waals surface area (Å²) in [6.07, 6.45) is 5.58. The van der Waals surface area contributed by atoms with E-state index in [1.54, 1.807) is 0 Å². The average molecular weight is 333 g/mol. The number of amides is 1. The summed E-state index contributed by atoms with van der Waals surface area (Å²) in [7, 11) is 2.85. The molecule has 128 valence electrons. The summed E-state index contributed by atoms with van der Waals surface area (Å²) in [5.74, 6) is 0.527. The van der Waals surface area contributed by atoms with Gasteiger partial charge in [0.15, 0.2) is 11.5 Å². The number of rotatable bonds is 6. The molecule has 2 aliphatic carbocycles. The first-order valence-corrected chi connectivity index (χ1v) is 7.74. The minimum atomic E-state index is -0.532. The van der Waals surface area contributed by atoms with Crippen molar-refractivity contribution in [3.63, 3.8) is 0 Å². The summed E-state index contributed by atoms with van der Waals surface area (Å²) in [4.78, 5) is 22.7. The molecule has 1 unspecified atom stereocenters. The van der Waals surface area contributed by atoms with Crippen molar-refractivity contribution < 1.29 is 19.2 Å². The van der Waals surface area contributed by atoms with Crippen LogP contribution in [0.4, 0.5) is 5.69 Å². The van der Waals surface area contributed by atoms with Crippen LogP contribution >= 0.6 is 0 Å². The maximum atomic E-state index is 12.0. The van der Waals surface area contributed by atoms with Crippen molar-refractivity contribution in [3.05, 3.63) is 27.8 Å². The lowest BCUT2D eigenvalue weighted by molar-refractivity contribution is -0.385. The number of ether oxygens (including phenoxy) is 2. The van der Waals surface area contributed by atoms with Crippen LogP contribution in [0, 0.1) is 21.4 Å². The van der Waals surface area contributed by atoms with E-state index in [1.165, 1.54) is 39.0 Å². The highest BCUT2D eigenvalue weighted by atomic mass is 16.6. The fourth-order valence-electron chi connectivity index (χ4n) is 3.29. The number of methoxy groups -OCH3 is 2. The molecule has 3 rings (SSSR count). The molecule has 1 atom stereocenters. The Labute approximate surface area is 139 Å². The van der Waals surface area contributed by atoms with Crippen molar-refractivity contribution in [2.45, 2.75) is 25.7 Å². The zero-order valence-electron chi connectivity index (χ0n) is 13.6. The van der Waals surface area contributed by atoms with E-state index in [4.69, 9.17) is 9.47 Å². The van der Waals surface area contributed by atoms with Gasteiger partial charge in [0.05, 0.1) is 37.0 Å². The highest BCUT2D eigenvalue weighted by Crippen LogP contribution is 2.65. The standard InChI is InChI=1S/C16H19N3O5/c1-23-13-6-10(12(19(21)22)7-14(13)24-2)9-17-18-15(20)11-8-16(11)4-3-5-16/h6-7,9,11H,3-5,8H2,1-2H3,(H,18,20). The van der Waals surface area contributed by atoms with Gasteiger partial charge in [0.2, 0.25) is 5.91 Å². The number of carbonyl (C=O) groups is 1. The van der Waals surface area contributed by atoms with Gasteiger partial charge >= 0.3 is 0 Å². The number of hydrazone groups is 1. The summed E-state index contributed by atoms with van der Waals surface area (Å²) in [5.41, 5.74) is 2.76. The van der Waals surface area contributed by atoms with E-state index >= 15 is 0 Å². The van der Waals surface area contributed by atoms with E-state index in [-0.39, 0.29) is 34.2 Å². The summed E-state index contributed by atoms with van der Waals surface area (Å²) in [5, 5.41) is 15.1. The van der Waals surface area contributed by atoms with Gasteiger partial charge in [-0.25, -0.2) is 5.43 Å². The number of carbonyl (C=O) groups excluding carboxylic acids is 1. The average Bonchev–Trinajstić information content (AvgIpc) is 3.30. The van der Waals surface area contributed by atoms with Gasteiger partial charge in [0.1, 0.15) is 0 Å². The van der Waals surface area contributed by atoms with Gasteiger partial charge in [-0.15, -0.1) is 0 Å². The second kappa shape index (κ2) is 6.10. The lowest BCUT2D eigenvalue weighted by Gasteiger charge is -2.25. The quantitative estimate of drug-likeness (QED) is 0.488. The molecule has 2 fully saturated rings. The van der Waals surface area contributed by atoms with Crippen LogP contribution < -0.4 is 14.9 Å². The molecule has 24 heavy (non-hydrogen) atoms. The highest BCUT2D eigenvalue weighted by Gasteiger charge is 2.60. The molecule has 0 bridgehead atoms. The van der Waals surface area contributed by atoms with Crippen LogP contribution in [0.15, 0.2) is 17.2 Å². The first-order chi connectivity index (χ1) is 11.5. The molecule has 1 amide bonds. The van der Waals surface area contributed by atoms with Crippen LogP contribution in [0.2, 0.25) is 0 Å². The second-order valence-electron chi connectivity index (χ2n) is 6.23. The Bertz CT molecular complexity index is 712. The molecular weight excluding hydrogens is 314 g/mol. The van der Waals surface area contributed by atoms with Crippen molar-refractivity contribution in [2.75, 3.05) is 14.2 Å². The normalized spacial score (nSPS) is 20.5. The summed E-state index contributed by atoms with van der Waals surface area (Å²) >= 11 is 0. The predicted molar refractivity (Wildman–Crippen MR) is 86.3 cm³/mol. The highest BCUT2D eigenvalue weighted by molar-refractivity contribution is 5.89. The summed E-state index contributed by atoms with van der Waals surface area (Å²) < 4.78 is 10.2. The molecular formula is C16H19N3O5. The van der Waals surface area contributed by atoms with Crippen LogP contribution in [0.3, 0.4) is 0 Å². The smallest absolute Gasteiger partial charge is 0.282 e. The third kappa shape index (κ3) is 2.79. The lowest BCUT2D eigenvalue weighted by Crippen LogP contribution is -2.26. The molecule has 2 saturated carbocycles. The van der Waals surface area contributed by atoms with Crippen molar-refractivity contribution >= 4 is 17.8 Å². The minimum Gasteiger partial charge on any atom is -0.493 e. The number of hydrogen-bond donors (Lipinski definition) is 1. The van der Waals surface area contributed by atoms with Crippen LogP contribution in [-0.4, -0.2) is 31.3 Å². The zero-order valence-corrected chi connectivity index (χ0v) is 13.6. The van der Waals surface area contributed by atoms with E-state index in [9.17, 15) is 14.9 Å². The second-order valence-corrected chi connectivity index (χ2v) is 6.23. The maximum Gasteiger partial charge on any atom is 0.282 e. The van der Waals surface area contributed by atoms with Gasteiger partial charge in [-0.2, -0.15) is 5.10 Å². The van der Waals surface area contributed by atoms with E-state index in [0.717, 1.165) is 19.3 Å². The Kier molecular flexibility index (Phi) is 4.13. The first-order valence-electron chi connectivity index (χ1n) is 7.74. The molecule has 2 aliphatic rings. The minimum absolute atomic E-state index is 0.0313. The fourth-order valence-corrected chi connectivity index (χ4v) is 3.29. The van der Waals surface area contributed by atoms with Crippen molar-refractivity contribution in [1.29, 1.82) is 0 Å². The van der Waals surface area contributed by atoms with Crippen LogP contribution in [0.25, 0.3) is 0 Å².